The van der Waals surface area contributed by atoms with Gasteiger partial charge in [0.05, 0.1) is 5.25 Å². The molecule has 0 aliphatic heterocycles. The highest BCUT2D eigenvalue weighted by Gasteiger charge is 2.19. The van der Waals surface area contributed by atoms with E-state index in [-0.39, 0.29) is 11.2 Å². The lowest BCUT2D eigenvalue weighted by Gasteiger charge is -2.15. The molecule has 3 rings (SSSR count). The van der Waals surface area contributed by atoms with E-state index in [2.05, 4.69) is 39.4 Å². The Hall–Kier alpha value is -2.41. The zero-order chi connectivity index (χ0) is 19.0. The van der Waals surface area contributed by atoms with Crippen LogP contribution in [0.15, 0.2) is 23.4 Å². The molecule has 0 saturated carbocycles. The number of benzene rings is 1. The molecule has 1 amide bonds. The molecule has 2 aromatic heterocycles. The van der Waals surface area contributed by atoms with Crippen molar-refractivity contribution in [2.75, 3.05) is 5.32 Å². The fourth-order valence-corrected chi connectivity index (χ4v) is 3.76. The molecule has 1 N–H and O–H groups in total. The molecule has 0 aliphatic carbocycles. The summed E-state index contributed by atoms with van der Waals surface area (Å²) in [7, 11) is 0. The lowest BCUT2D eigenvalue weighted by atomic mass is 10.1. The van der Waals surface area contributed by atoms with Crippen molar-refractivity contribution in [3.8, 4) is 0 Å². The summed E-state index contributed by atoms with van der Waals surface area (Å²) < 4.78 is 1.70. The van der Waals surface area contributed by atoms with Gasteiger partial charge in [0.15, 0.2) is 0 Å². The van der Waals surface area contributed by atoms with Gasteiger partial charge in [-0.05, 0) is 58.7 Å². The summed E-state index contributed by atoms with van der Waals surface area (Å²) in [6.45, 7) is 11.8. The zero-order valence-electron chi connectivity index (χ0n) is 15.9. The van der Waals surface area contributed by atoms with Crippen LogP contribution in [0.5, 0.6) is 0 Å². The molecule has 1 aromatic carbocycles. The number of thioether (sulfide) groups is 1. The number of nitrogens with zero attached hydrogens (tertiary/aromatic N) is 4. The van der Waals surface area contributed by atoms with Crippen molar-refractivity contribution in [3.05, 3.63) is 46.3 Å². The van der Waals surface area contributed by atoms with Crippen molar-refractivity contribution in [2.24, 2.45) is 0 Å². The molecule has 0 radical (unpaired) electrons. The van der Waals surface area contributed by atoms with Crippen LogP contribution < -0.4 is 5.32 Å². The van der Waals surface area contributed by atoms with E-state index in [4.69, 9.17) is 0 Å². The Labute approximate surface area is 157 Å². The lowest BCUT2D eigenvalue weighted by Crippen LogP contribution is -2.23. The highest BCUT2D eigenvalue weighted by Crippen LogP contribution is 2.25. The van der Waals surface area contributed by atoms with Crippen molar-refractivity contribution in [3.63, 3.8) is 0 Å². The van der Waals surface area contributed by atoms with Gasteiger partial charge in [-0.3, -0.25) is 4.79 Å². The maximum atomic E-state index is 12.6. The number of hydrogen-bond donors (Lipinski definition) is 1. The number of aromatic nitrogens is 4. The first kappa shape index (κ1) is 18.4. The third kappa shape index (κ3) is 3.72. The minimum Gasteiger partial charge on any atom is -0.325 e. The van der Waals surface area contributed by atoms with Gasteiger partial charge in [-0.25, -0.2) is 9.50 Å². The number of fused-ring (bicyclic) bond motifs is 1. The quantitative estimate of drug-likeness (QED) is 0.709. The van der Waals surface area contributed by atoms with Crippen LogP contribution in [0.1, 0.15) is 35.0 Å². The van der Waals surface area contributed by atoms with Gasteiger partial charge in [-0.1, -0.05) is 29.5 Å². The molecular formula is C19H23N5OS. The fraction of sp³-hybridized carbons (Fsp3) is 0.368. The van der Waals surface area contributed by atoms with Gasteiger partial charge >= 0.3 is 0 Å². The fourth-order valence-electron chi connectivity index (χ4n) is 3.01. The van der Waals surface area contributed by atoms with Crippen LogP contribution in [-0.2, 0) is 4.79 Å². The summed E-state index contributed by atoms with van der Waals surface area (Å²) in [5.41, 5.74) is 6.06. The molecule has 1 atom stereocenters. The minimum absolute atomic E-state index is 0.0650. The normalized spacial score (nSPS) is 12.4. The number of nitrogens with one attached hydrogen (secondary N) is 1. The SMILES string of the molecule is Cc1cc(C)c(NC(=O)[C@@H](C)Sc2nc3nc(C)cc(C)n3n2)c(C)c1. The van der Waals surface area contributed by atoms with Crippen LogP contribution in [-0.4, -0.2) is 30.7 Å². The molecule has 0 saturated heterocycles. The van der Waals surface area contributed by atoms with Gasteiger partial charge in [0.2, 0.25) is 11.1 Å². The van der Waals surface area contributed by atoms with E-state index in [9.17, 15) is 4.79 Å². The molecule has 3 aromatic rings. The third-order valence-electron chi connectivity index (χ3n) is 4.18. The Bertz CT molecular complexity index is 972. The number of carbonyl (C=O) groups is 1. The van der Waals surface area contributed by atoms with Crippen molar-refractivity contribution in [2.45, 2.75) is 51.9 Å². The number of amides is 1. The highest BCUT2D eigenvalue weighted by molar-refractivity contribution is 8.00. The molecule has 0 fully saturated rings. The van der Waals surface area contributed by atoms with Crippen LogP contribution in [0, 0.1) is 34.6 Å². The molecule has 0 aliphatic rings. The number of carbonyl (C=O) groups excluding carboxylic acids is 1. The molecule has 7 heteroatoms. The van der Waals surface area contributed by atoms with Gasteiger partial charge < -0.3 is 5.32 Å². The molecule has 2 heterocycles. The van der Waals surface area contributed by atoms with Gasteiger partial charge in [-0.15, -0.1) is 5.10 Å². The molecule has 136 valence electrons. The largest absolute Gasteiger partial charge is 0.325 e. The van der Waals surface area contributed by atoms with E-state index in [1.165, 1.54) is 17.3 Å². The molecule has 0 bridgehead atoms. The summed E-state index contributed by atoms with van der Waals surface area (Å²) in [6, 6.07) is 6.09. The van der Waals surface area contributed by atoms with E-state index in [0.29, 0.717) is 10.9 Å². The van der Waals surface area contributed by atoms with Crippen LogP contribution in [0.25, 0.3) is 5.78 Å². The standard InChI is InChI=1S/C19H23N5OS/c1-10-7-11(2)16(12(3)8-10)21-17(25)15(6)26-19-22-18-20-13(4)9-14(5)24(18)23-19/h7-9,15H,1-6H3,(H,21,25)/t15-/m1/s1. The summed E-state index contributed by atoms with van der Waals surface area (Å²) in [5.74, 6) is 0.493. The Balaban J connectivity index is 1.77. The summed E-state index contributed by atoms with van der Waals surface area (Å²) in [5, 5.41) is 7.72. The second-order valence-corrected chi connectivity index (χ2v) is 7.98. The molecular weight excluding hydrogens is 346 g/mol. The molecule has 6 nitrogen and oxygen atoms in total. The first-order valence-electron chi connectivity index (χ1n) is 8.51. The van der Waals surface area contributed by atoms with Crippen LogP contribution in [0.3, 0.4) is 0 Å². The van der Waals surface area contributed by atoms with Crippen molar-refractivity contribution in [1.82, 2.24) is 19.6 Å². The predicted molar refractivity (Wildman–Crippen MR) is 105 cm³/mol. The van der Waals surface area contributed by atoms with Crippen molar-refractivity contribution < 1.29 is 4.79 Å². The maximum absolute atomic E-state index is 12.6. The number of aryl methyl sites for hydroxylation is 5. The topological polar surface area (TPSA) is 72.2 Å². The van der Waals surface area contributed by atoms with E-state index < -0.39 is 0 Å². The first-order valence-corrected chi connectivity index (χ1v) is 9.39. The van der Waals surface area contributed by atoms with Crippen LogP contribution >= 0.6 is 11.8 Å². The number of rotatable bonds is 4. The highest BCUT2D eigenvalue weighted by atomic mass is 32.2. The average Bonchev–Trinajstić information content (AvgIpc) is 2.93. The van der Waals surface area contributed by atoms with Crippen LogP contribution in [0.4, 0.5) is 5.69 Å². The Morgan fingerprint density at radius 2 is 1.73 bits per heavy atom. The molecule has 0 unspecified atom stereocenters. The third-order valence-corrected chi connectivity index (χ3v) is 5.13. The second-order valence-electron chi connectivity index (χ2n) is 6.67. The maximum Gasteiger partial charge on any atom is 0.253 e. The average molecular weight is 369 g/mol. The summed E-state index contributed by atoms with van der Waals surface area (Å²) >= 11 is 1.33. The Kier molecular flexibility index (Phi) is 5.00. The monoisotopic (exact) mass is 369 g/mol. The van der Waals surface area contributed by atoms with Gasteiger partial charge in [0.25, 0.3) is 5.78 Å². The van der Waals surface area contributed by atoms with E-state index >= 15 is 0 Å². The van der Waals surface area contributed by atoms with Crippen molar-refractivity contribution >= 4 is 29.1 Å². The molecule has 26 heavy (non-hydrogen) atoms. The van der Waals surface area contributed by atoms with E-state index in [1.54, 1.807) is 4.52 Å². The summed E-state index contributed by atoms with van der Waals surface area (Å²) in [4.78, 5) is 21.5. The summed E-state index contributed by atoms with van der Waals surface area (Å²) in [6.07, 6.45) is 0. The minimum atomic E-state index is -0.325. The van der Waals surface area contributed by atoms with Crippen LogP contribution in [0.2, 0.25) is 0 Å². The van der Waals surface area contributed by atoms with Gasteiger partial charge in [-0.2, -0.15) is 4.98 Å². The molecule has 0 spiro atoms. The van der Waals surface area contributed by atoms with Gasteiger partial charge in [0, 0.05) is 17.1 Å². The second kappa shape index (κ2) is 7.07. The lowest BCUT2D eigenvalue weighted by molar-refractivity contribution is -0.115. The van der Waals surface area contributed by atoms with E-state index in [0.717, 1.165) is 28.2 Å². The zero-order valence-corrected chi connectivity index (χ0v) is 16.7. The number of anilines is 1. The Morgan fingerprint density at radius 3 is 2.38 bits per heavy atom. The Morgan fingerprint density at radius 1 is 1.08 bits per heavy atom. The van der Waals surface area contributed by atoms with Crippen molar-refractivity contribution in [1.29, 1.82) is 0 Å². The number of hydrogen-bond acceptors (Lipinski definition) is 5. The van der Waals surface area contributed by atoms with E-state index in [1.807, 2.05) is 40.7 Å². The smallest absolute Gasteiger partial charge is 0.253 e. The first-order chi connectivity index (χ1) is 12.2. The van der Waals surface area contributed by atoms with Gasteiger partial charge in [0.1, 0.15) is 0 Å². The predicted octanol–water partition coefficient (Wildman–Crippen LogP) is 3.79.